The van der Waals surface area contributed by atoms with Gasteiger partial charge in [0.15, 0.2) is 5.88 Å². The van der Waals surface area contributed by atoms with Crippen LogP contribution in [0.15, 0.2) is 35.5 Å². The number of ether oxygens (including phenoxy) is 2. The van der Waals surface area contributed by atoms with Gasteiger partial charge in [-0.25, -0.2) is 0 Å². The first-order valence-corrected chi connectivity index (χ1v) is 7.58. The lowest BCUT2D eigenvalue weighted by Crippen LogP contribution is -2.37. The van der Waals surface area contributed by atoms with Crippen molar-refractivity contribution in [2.24, 2.45) is 11.1 Å². The van der Waals surface area contributed by atoms with E-state index in [9.17, 15) is 0 Å². The monoisotopic (exact) mass is 313 g/mol. The molecular formula is C17H19N3O3. The van der Waals surface area contributed by atoms with Gasteiger partial charge in [0, 0.05) is 25.2 Å². The molecule has 3 heterocycles. The van der Waals surface area contributed by atoms with Gasteiger partial charge < -0.3 is 19.2 Å². The van der Waals surface area contributed by atoms with Crippen LogP contribution in [-0.4, -0.2) is 44.7 Å². The van der Waals surface area contributed by atoms with E-state index >= 15 is 0 Å². The number of methoxy groups -OCH3 is 2. The quantitative estimate of drug-likeness (QED) is 0.872. The molecule has 0 saturated heterocycles. The van der Waals surface area contributed by atoms with Crippen LogP contribution in [0.2, 0.25) is 0 Å². The van der Waals surface area contributed by atoms with E-state index in [1.54, 1.807) is 14.2 Å². The molecule has 6 nitrogen and oxygen atoms in total. The number of nitrogens with zero attached hydrogens (tertiary/aromatic N) is 3. The van der Waals surface area contributed by atoms with E-state index in [0.717, 1.165) is 41.0 Å². The van der Waals surface area contributed by atoms with Gasteiger partial charge in [-0.1, -0.05) is 5.16 Å². The summed E-state index contributed by atoms with van der Waals surface area (Å²) in [6, 6.07) is 9.98. The van der Waals surface area contributed by atoms with Gasteiger partial charge in [-0.2, -0.15) is 0 Å². The van der Waals surface area contributed by atoms with Crippen LogP contribution >= 0.6 is 0 Å². The van der Waals surface area contributed by atoms with Gasteiger partial charge in [0.25, 0.3) is 0 Å². The second kappa shape index (κ2) is 5.22. The van der Waals surface area contributed by atoms with Gasteiger partial charge in [-0.05, 0) is 24.3 Å². The van der Waals surface area contributed by atoms with Gasteiger partial charge >= 0.3 is 0 Å². The Morgan fingerprint density at radius 3 is 2.65 bits per heavy atom. The van der Waals surface area contributed by atoms with Crippen LogP contribution in [-0.2, 0) is 4.84 Å². The smallest absolute Gasteiger partial charge is 0.200 e. The molecule has 0 saturated carbocycles. The van der Waals surface area contributed by atoms with Crippen molar-refractivity contribution in [1.82, 2.24) is 4.57 Å². The van der Waals surface area contributed by atoms with Crippen LogP contribution in [0, 0.1) is 5.92 Å². The van der Waals surface area contributed by atoms with Crippen LogP contribution in [0.4, 0.5) is 5.82 Å². The summed E-state index contributed by atoms with van der Waals surface area (Å²) < 4.78 is 13.0. The fraction of sp³-hybridized carbons (Fsp3) is 0.353. The van der Waals surface area contributed by atoms with Crippen LogP contribution in [0.25, 0.3) is 5.69 Å². The third-order valence-corrected chi connectivity index (χ3v) is 4.44. The SMILES string of the molecule is COc1ccc(-n2c(OC)cc3c2N(C)CC2CON=C32)cc1. The Hall–Kier alpha value is -2.63. The van der Waals surface area contributed by atoms with Crippen molar-refractivity contribution >= 4 is 11.5 Å². The fourth-order valence-corrected chi connectivity index (χ4v) is 3.35. The molecule has 1 unspecified atom stereocenters. The zero-order valence-corrected chi connectivity index (χ0v) is 13.4. The maximum atomic E-state index is 5.62. The maximum absolute atomic E-state index is 5.62. The van der Waals surface area contributed by atoms with Crippen molar-refractivity contribution in [2.45, 2.75) is 0 Å². The standard InChI is InChI=1S/C17H19N3O3/c1-19-9-11-10-23-18-16(11)14-8-15(22-3)20(17(14)19)12-4-6-13(21-2)7-5-12/h4-8,11H,9-10H2,1-3H3. The average molecular weight is 313 g/mol. The zero-order valence-electron chi connectivity index (χ0n) is 13.4. The lowest BCUT2D eigenvalue weighted by Gasteiger charge is -2.30. The van der Waals surface area contributed by atoms with E-state index in [1.807, 2.05) is 30.3 Å². The predicted molar refractivity (Wildman–Crippen MR) is 88.1 cm³/mol. The molecule has 1 aromatic heterocycles. The van der Waals surface area contributed by atoms with Crippen LogP contribution < -0.4 is 14.4 Å². The summed E-state index contributed by atoms with van der Waals surface area (Å²) in [6.07, 6.45) is 0. The number of anilines is 1. The first-order valence-electron chi connectivity index (χ1n) is 7.58. The molecule has 2 aromatic rings. The lowest BCUT2D eigenvalue weighted by molar-refractivity contribution is 0.156. The first-order chi connectivity index (χ1) is 11.2. The van der Waals surface area contributed by atoms with Crippen LogP contribution in [0.3, 0.4) is 0 Å². The third-order valence-electron chi connectivity index (χ3n) is 4.44. The molecule has 0 N–H and O–H groups in total. The highest BCUT2D eigenvalue weighted by atomic mass is 16.6. The molecule has 4 rings (SSSR count). The summed E-state index contributed by atoms with van der Waals surface area (Å²) >= 11 is 0. The second-order valence-corrected chi connectivity index (χ2v) is 5.81. The summed E-state index contributed by atoms with van der Waals surface area (Å²) in [4.78, 5) is 7.55. The Morgan fingerprint density at radius 1 is 1.17 bits per heavy atom. The lowest BCUT2D eigenvalue weighted by atomic mass is 9.95. The molecule has 0 bridgehead atoms. The van der Waals surface area contributed by atoms with E-state index in [-0.39, 0.29) is 0 Å². The number of rotatable bonds is 3. The van der Waals surface area contributed by atoms with Gasteiger partial charge in [0.05, 0.1) is 31.5 Å². The van der Waals surface area contributed by atoms with Crippen molar-refractivity contribution in [1.29, 1.82) is 0 Å². The Kier molecular flexibility index (Phi) is 3.18. The second-order valence-electron chi connectivity index (χ2n) is 5.81. The highest BCUT2D eigenvalue weighted by Crippen LogP contribution is 2.39. The van der Waals surface area contributed by atoms with E-state index in [4.69, 9.17) is 14.3 Å². The van der Waals surface area contributed by atoms with E-state index in [0.29, 0.717) is 12.5 Å². The summed E-state index contributed by atoms with van der Waals surface area (Å²) in [5, 5.41) is 4.24. The topological polar surface area (TPSA) is 48.2 Å². The molecule has 2 aliphatic rings. The molecule has 2 aliphatic heterocycles. The molecule has 0 radical (unpaired) electrons. The minimum Gasteiger partial charge on any atom is -0.497 e. The maximum Gasteiger partial charge on any atom is 0.200 e. The first kappa shape index (κ1) is 14.0. The fourth-order valence-electron chi connectivity index (χ4n) is 3.35. The number of hydrogen-bond acceptors (Lipinski definition) is 5. The van der Waals surface area contributed by atoms with Crippen molar-refractivity contribution in [3.05, 3.63) is 35.9 Å². The summed E-state index contributed by atoms with van der Waals surface area (Å²) in [5.74, 6) is 3.01. The molecule has 0 fully saturated rings. The molecule has 23 heavy (non-hydrogen) atoms. The van der Waals surface area contributed by atoms with Crippen molar-refractivity contribution in [3.63, 3.8) is 0 Å². The molecule has 6 heteroatoms. The van der Waals surface area contributed by atoms with Crippen molar-refractivity contribution < 1.29 is 14.3 Å². The van der Waals surface area contributed by atoms with Gasteiger partial charge in [-0.15, -0.1) is 0 Å². The molecule has 0 amide bonds. The molecule has 0 aliphatic carbocycles. The number of benzene rings is 1. The Morgan fingerprint density at radius 2 is 1.96 bits per heavy atom. The normalized spacial score (nSPS) is 18.8. The van der Waals surface area contributed by atoms with Gasteiger partial charge in [0.2, 0.25) is 0 Å². The molecule has 1 atom stereocenters. The van der Waals surface area contributed by atoms with Gasteiger partial charge in [-0.3, -0.25) is 4.57 Å². The summed E-state index contributed by atoms with van der Waals surface area (Å²) in [5.41, 5.74) is 3.12. The Balaban J connectivity index is 1.89. The molecule has 120 valence electrons. The minimum absolute atomic E-state index is 0.323. The van der Waals surface area contributed by atoms with Crippen LogP contribution in [0.1, 0.15) is 5.56 Å². The zero-order chi connectivity index (χ0) is 16.0. The Labute approximate surface area is 134 Å². The van der Waals surface area contributed by atoms with E-state index in [1.165, 1.54) is 0 Å². The number of oxime groups is 1. The Bertz CT molecular complexity index is 764. The summed E-state index contributed by atoms with van der Waals surface area (Å²) in [7, 11) is 5.44. The number of fused-ring (bicyclic) bond motifs is 3. The number of aromatic nitrogens is 1. The predicted octanol–water partition coefficient (Wildman–Crippen LogP) is 2.29. The molecular weight excluding hydrogens is 294 g/mol. The van der Waals surface area contributed by atoms with Gasteiger partial charge in [0.1, 0.15) is 18.2 Å². The number of hydrogen-bond donors (Lipinski definition) is 0. The largest absolute Gasteiger partial charge is 0.497 e. The molecule has 0 spiro atoms. The highest BCUT2D eigenvalue weighted by molar-refractivity contribution is 6.09. The van der Waals surface area contributed by atoms with Crippen molar-refractivity contribution in [2.75, 3.05) is 39.3 Å². The average Bonchev–Trinajstić information content (AvgIpc) is 3.18. The van der Waals surface area contributed by atoms with Crippen molar-refractivity contribution in [3.8, 4) is 17.3 Å². The highest BCUT2D eigenvalue weighted by Gasteiger charge is 2.37. The summed E-state index contributed by atoms with van der Waals surface area (Å²) in [6.45, 7) is 1.53. The van der Waals surface area contributed by atoms with E-state index in [2.05, 4.69) is 21.7 Å². The third kappa shape index (κ3) is 2.05. The molecule has 1 aromatic carbocycles. The van der Waals surface area contributed by atoms with E-state index < -0.39 is 0 Å². The van der Waals surface area contributed by atoms with Crippen LogP contribution in [0.5, 0.6) is 11.6 Å². The minimum atomic E-state index is 0.323.